The van der Waals surface area contributed by atoms with Gasteiger partial charge in [0.15, 0.2) is 5.13 Å². The van der Waals surface area contributed by atoms with Gasteiger partial charge in [0.05, 0.1) is 12.8 Å². The zero-order chi connectivity index (χ0) is 15.5. The van der Waals surface area contributed by atoms with Crippen molar-refractivity contribution in [2.24, 2.45) is 5.41 Å². The van der Waals surface area contributed by atoms with Crippen LogP contribution < -0.4 is 10.1 Å². The Morgan fingerprint density at radius 1 is 1.38 bits per heavy atom. The molecular formula is C16H20N2O2S. The summed E-state index contributed by atoms with van der Waals surface area (Å²) in [5, 5.41) is 5.41. The van der Waals surface area contributed by atoms with Crippen LogP contribution in [0.1, 0.15) is 27.2 Å². The molecule has 0 aliphatic rings. The highest BCUT2D eigenvalue weighted by Crippen LogP contribution is 2.28. The molecule has 0 unspecified atom stereocenters. The van der Waals surface area contributed by atoms with Crippen molar-refractivity contribution in [2.45, 2.75) is 27.2 Å². The van der Waals surface area contributed by atoms with Gasteiger partial charge in [0.25, 0.3) is 0 Å². The van der Waals surface area contributed by atoms with E-state index in [0.717, 1.165) is 17.0 Å². The number of nitrogens with zero attached hydrogens (tertiary/aromatic N) is 1. The number of rotatable bonds is 4. The van der Waals surface area contributed by atoms with Gasteiger partial charge in [-0.3, -0.25) is 4.79 Å². The molecule has 1 aromatic heterocycles. The first-order chi connectivity index (χ1) is 9.87. The van der Waals surface area contributed by atoms with E-state index < -0.39 is 0 Å². The van der Waals surface area contributed by atoms with E-state index >= 15 is 0 Å². The second kappa shape index (κ2) is 6.26. The van der Waals surface area contributed by atoms with Crippen molar-refractivity contribution < 1.29 is 9.53 Å². The molecule has 0 atom stereocenters. The normalized spacial score (nSPS) is 11.2. The second-order valence-electron chi connectivity index (χ2n) is 6.06. The van der Waals surface area contributed by atoms with Crippen LogP contribution in [0.4, 0.5) is 5.13 Å². The Morgan fingerprint density at radius 3 is 2.81 bits per heavy atom. The van der Waals surface area contributed by atoms with E-state index in [-0.39, 0.29) is 11.3 Å². The van der Waals surface area contributed by atoms with Gasteiger partial charge in [-0.05, 0) is 17.5 Å². The van der Waals surface area contributed by atoms with Crippen LogP contribution in [0.3, 0.4) is 0 Å². The Labute approximate surface area is 129 Å². The number of hydrogen-bond acceptors (Lipinski definition) is 4. The number of anilines is 1. The summed E-state index contributed by atoms with van der Waals surface area (Å²) in [6.45, 7) is 6.11. The lowest BCUT2D eigenvalue weighted by Crippen LogP contribution is -2.19. The maximum atomic E-state index is 11.9. The standard InChI is InChI=1S/C16H20N2O2S/c1-16(2,3)9-14(19)18-15-17-13(10-21-15)11-6-5-7-12(8-11)20-4/h5-8,10H,9H2,1-4H3,(H,17,18,19). The fraction of sp³-hybridized carbons (Fsp3) is 0.375. The van der Waals surface area contributed by atoms with Gasteiger partial charge in [0.2, 0.25) is 5.91 Å². The summed E-state index contributed by atoms with van der Waals surface area (Å²) in [6, 6.07) is 7.71. The fourth-order valence-electron chi connectivity index (χ4n) is 1.89. The number of carbonyl (C=O) groups excluding carboxylic acids is 1. The minimum Gasteiger partial charge on any atom is -0.497 e. The van der Waals surface area contributed by atoms with Crippen molar-refractivity contribution >= 4 is 22.4 Å². The van der Waals surface area contributed by atoms with Crippen LogP contribution in [0.5, 0.6) is 5.75 Å². The molecule has 1 amide bonds. The Kier molecular flexibility index (Phi) is 4.63. The van der Waals surface area contributed by atoms with Gasteiger partial charge >= 0.3 is 0 Å². The molecule has 0 aliphatic carbocycles. The molecule has 0 fully saturated rings. The lowest BCUT2D eigenvalue weighted by atomic mass is 9.92. The third kappa shape index (κ3) is 4.56. The van der Waals surface area contributed by atoms with E-state index in [9.17, 15) is 4.79 Å². The number of ether oxygens (including phenoxy) is 1. The molecule has 0 spiro atoms. The number of amides is 1. The zero-order valence-electron chi connectivity index (χ0n) is 12.8. The highest BCUT2D eigenvalue weighted by Gasteiger charge is 2.17. The molecule has 112 valence electrons. The summed E-state index contributed by atoms with van der Waals surface area (Å²) in [4.78, 5) is 16.4. The topological polar surface area (TPSA) is 51.2 Å². The first kappa shape index (κ1) is 15.5. The Hall–Kier alpha value is -1.88. The van der Waals surface area contributed by atoms with E-state index in [4.69, 9.17) is 4.74 Å². The molecular weight excluding hydrogens is 284 g/mol. The van der Waals surface area contributed by atoms with Crippen LogP contribution in [-0.2, 0) is 4.79 Å². The van der Waals surface area contributed by atoms with Crippen molar-refractivity contribution in [1.82, 2.24) is 4.98 Å². The molecule has 0 saturated heterocycles. The fourth-order valence-corrected chi connectivity index (χ4v) is 2.63. The molecule has 0 saturated carbocycles. The molecule has 1 aromatic carbocycles. The summed E-state index contributed by atoms with van der Waals surface area (Å²) in [5.74, 6) is 0.785. The van der Waals surface area contributed by atoms with E-state index in [1.807, 2.05) is 50.4 Å². The lowest BCUT2D eigenvalue weighted by Gasteiger charge is -2.16. The third-order valence-corrected chi connectivity index (χ3v) is 3.56. The molecule has 5 heteroatoms. The van der Waals surface area contributed by atoms with Gasteiger partial charge in [0, 0.05) is 17.4 Å². The van der Waals surface area contributed by atoms with Crippen molar-refractivity contribution in [3.63, 3.8) is 0 Å². The van der Waals surface area contributed by atoms with Crippen molar-refractivity contribution in [3.8, 4) is 17.0 Å². The predicted octanol–water partition coefficient (Wildman–Crippen LogP) is 4.19. The van der Waals surface area contributed by atoms with Crippen molar-refractivity contribution in [1.29, 1.82) is 0 Å². The predicted molar refractivity (Wildman–Crippen MR) is 86.8 cm³/mol. The van der Waals surface area contributed by atoms with Gasteiger partial charge in [-0.15, -0.1) is 11.3 Å². The number of methoxy groups -OCH3 is 1. The largest absolute Gasteiger partial charge is 0.497 e. The van der Waals surface area contributed by atoms with Crippen LogP contribution in [-0.4, -0.2) is 18.0 Å². The average molecular weight is 304 g/mol. The van der Waals surface area contributed by atoms with Crippen LogP contribution in [0.2, 0.25) is 0 Å². The van der Waals surface area contributed by atoms with Gasteiger partial charge in [-0.1, -0.05) is 32.9 Å². The van der Waals surface area contributed by atoms with Crippen LogP contribution in [0.15, 0.2) is 29.6 Å². The highest BCUT2D eigenvalue weighted by molar-refractivity contribution is 7.14. The van der Waals surface area contributed by atoms with Gasteiger partial charge < -0.3 is 10.1 Å². The molecule has 21 heavy (non-hydrogen) atoms. The van der Waals surface area contributed by atoms with Crippen molar-refractivity contribution in [3.05, 3.63) is 29.6 Å². The summed E-state index contributed by atoms with van der Waals surface area (Å²) in [6.07, 6.45) is 0.473. The van der Waals surface area contributed by atoms with E-state index in [2.05, 4.69) is 10.3 Å². The highest BCUT2D eigenvalue weighted by atomic mass is 32.1. The Bertz CT molecular complexity index is 629. The van der Waals surface area contributed by atoms with E-state index in [1.54, 1.807) is 7.11 Å². The first-order valence-electron chi connectivity index (χ1n) is 6.77. The Balaban J connectivity index is 2.09. The molecule has 4 nitrogen and oxygen atoms in total. The average Bonchev–Trinajstić information content (AvgIpc) is 2.85. The molecule has 2 rings (SSSR count). The van der Waals surface area contributed by atoms with Crippen molar-refractivity contribution in [2.75, 3.05) is 12.4 Å². The Morgan fingerprint density at radius 2 is 2.14 bits per heavy atom. The molecule has 1 heterocycles. The molecule has 0 aliphatic heterocycles. The zero-order valence-corrected chi connectivity index (χ0v) is 13.6. The molecule has 0 radical (unpaired) electrons. The number of thiazole rings is 1. The van der Waals surface area contributed by atoms with Crippen LogP contribution >= 0.6 is 11.3 Å². The summed E-state index contributed by atoms with van der Waals surface area (Å²) in [5.41, 5.74) is 1.78. The monoisotopic (exact) mass is 304 g/mol. The van der Waals surface area contributed by atoms with Crippen LogP contribution in [0.25, 0.3) is 11.3 Å². The summed E-state index contributed by atoms with van der Waals surface area (Å²) < 4.78 is 5.21. The minimum absolute atomic E-state index is 0.00552. The number of aromatic nitrogens is 1. The summed E-state index contributed by atoms with van der Waals surface area (Å²) >= 11 is 1.43. The van der Waals surface area contributed by atoms with Gasteiger partial charge in [-0.25, -0.2) is 4.98 Å². The third-order valence-electron chi connectivity index (χ3n) is 2.81. The van der Waals surface area contributed by atoms with Crippen LogP contribution in [0, 0.1) is 5.41 Å². The number of carbonyl (C=O) groups is 1. The first-order valence-corrected chi connectivity index (χ1v) is 7.65. The lowest BCUT2D eigenvalue weighted by molar-refractivity contribution is -0.117. The summed E-state index contributed by atoms with van der Waals surface area (Å²) in [7, 11) is 1.64. The number of benzene rings is 1. The molecule has 2 aromatic rings. The SMILES string of the molecule is COc1cccc(-c2csc(NC(=O)CC(C)(C)C)n2)c1. The number of nitrogens with one attached hydrogen (secondary N) is 1. The maximum Gasteiger partial charge on any atom is 0.226 e. The maximum absolute atomic E-state index is 11.9. The second-order valence-corrected chi connectivity index (χ2v) is 6.91. The minimum atomic E-state index is -0.0308. The van der Waals surface area contributed by atoms with Gasteiger partial charge in [0.1, 0.15) is 5.75 Å². The van der Waals surface area contributed by atoms with Gasteiger partial charge in [-0.2, -0.15) is 0 Å². The van der Waals surface area contributed by atoms with E-state index in [1.165, 1.54) is 11.3 Å². The smallest absolute Gasteiger partial charge is 0.226 e. The molecule has 0 bridgehead atoms. The van der Waals surface area contributed by atoms with E-state index in [0.29, 0.717) is 11.6 Å². The quantitative estimate of drug-likeness (QED) is 0.921. The molecule has 1 N–H and O–H groups in total. The number of hydrogen-bond donors (Lipinski definition) is 1.